The maximum atomic E-state index is 10.9. The second kappa shape index (κ2) is 4.97. The molecule has 0 bridgehead atoms. The minimum absolute atomic E-state index is 0.113. The summed E-state index contributed by atoms with van der Waals surface area (Å²) in [6.07, 6.45) is 3.31. The van der Waals surface area contributed by atoms with Crippen LogP contribution >= 0.6 is 0 Å². The zero-order valence-corrected chi connectivity index (χ0v) is 9.98. The molecular weight excluding hydrogens is 232 g/mol. The highest BCUT2D eigenvalue weighted by atomic mass is 16.6. The van der Waals surface area contributed by atoms with Crippen molar-refractivity contribution in [1.29, 1.82) is 0 Å². The lowest BCUT2D eigenvalue weighted by atomic mass is 10.1. The molecule has 1 heterocycles. The Hall–Kier alpha value is -2.21. The van der Waals surface area contributed by atoms with E-state index >= 15 is 0 Å². The van der Waals surface area contributed by atoms with E-state index in [0.29, 0.717) is 12.1 Å². The van der Waals surface area contributed by atoms with E-state index in [4.69, 9.17) is 5.73 Å². The maximum Gasteiger partial charge on any atom is 0.274 e. The van der Waals surface area contributed by atoms with Crippen LogP contribution in [0.15, 0.2) is 36.8 Å². The van der Waals surface area contributed by atoms with Gasteiger partial charge in [-0.2, -0.15) is 0 Å². The summed E-state index contributed by atoms with van der Waals surface area (Å²) in [6.45, 7) is 2.25. The van der Waals surface area contributed by atoms with Crippen molar-refractivity contribution in [2.45, 2.75) is 19.5 Å². The number of nitro benzene ring substituents is 1. The van der Waals surface area contributed by atoms with Crippen LogP contribution in [0.1, 0.15) is 24.2 Å². The van der Waals surface area contributed by atoms with E-state index in [1.165, 1.54) is 6.07 Å². The van der Waals surface area contributed by atoms with E-state index in [2.05, 4.69) is 4.98 Å². The quantitative estimate of drug-likeness (QED) is 0.658. The lowest BCUT2D eigenvalue weighted by Crippen LogP contribution is -2.13. The smallest absolute Gasteiger partial charge is 0.274 e. The minimum atomic E-state index is -0.377. The largest absolute Gasteiger partial charge is 0.328 e. The first-order valence-electron chi connectivity index (χ1n) is 5.57. The summed E-state index contributed by atoms with van der Waals surface area (Å²) in [7, 11) is 0. The molecule has 0 amide bonds. The molecule has 0 aliphatic carbocycles. The molecule has 0 saturated carbocycles. The van der Waals surface area contributed by atoms with E-state index in [9.17, 15) is 10.1 Å². The van der Waals surface area contributed by atoms with Gasteiger partial charge in [-0.1, -0.05) is 18.2 Å². The van der Waals surface area contributed by atoms with Crippen molar-refractivity contribution in [2.75, 3.05) is 0 Å². The number of rotatable bonds is 4. The van der Waals surface area contributed by atoms with Crippen LogP contribution in [0.4, 0.5) is 5.69 Å². The summed E-state index contributed by atoms with van der Waals surface area (Å²) in [5.41, 5.74) is 7.42. The number of hydrogen-bond donors (Lipinski definition) is 1. The van der Waals surface area contributed by atoms with Gasteiger partial charge >= 0.3 is 0 Å². The predicted molar refractivity (Wildman–Crippen MR) is 67.0 cm³/mol. The molecule has 2 rings (SSSR count). The lowest BCUT2D eigenvalue weighted by molar-refractivity contribution is -0.385. The van der Waals surface area contributed by atoms with Gasteiger partial charge in [0.2, 0.25) is 0 Å². The molecule has 1 atom stereocenters. The van der Waals surface area contributed by atoms with Crippen LogP contribution in [-0.2, 0) is 6.54 Å². The van der Waals surface area contributed by atoms with Crippen molar-refractivity contribution in [3.8, 4) is 0 Å². The number of benzene rings is 1. The van der Waals surface area contributed by atoms with Gasteiger partial charge in [-0.05, 0) is 6.92 Å². The Morgan fingerprint density at radius 3 is 2.89 bits per heavy atom. The highest BCUT2D eigenvalue weighted by molar-refractivity contribution is 5.40. The van der Waals surface area contributed by atoms with Gasteiger partial charge in [0.25, 0.3) is 5.69 Å². The predicted octanol–water partition coefficient (Wildman–Crippen LogP) is 1.86. The summed E-state index contributed by atoms with van der Waals surface area (Å²) in [6, 6.07) is 6.52. The second-order valence-electron chi connectivity index (χ2n) is 4.12. The van der Waals surface area contributed by atoms with Gasteiger partial charge in [0.1, 0.15) is 0 Å². The standard InChI is InChI=1S/C12H14N4O2/c1-9(13)12-6-14-8-15(12)7-10-4-2-3-5-11(10)16(17)18/h2-6,8-9H,7,13H2,1H3/t9-/m0/s1. The fourth-order valence-electron chi connectivity index (χ4n) is 1.85. The number of nitrogens with zero attached hydrogens (tertiary/aromatic N) is 3. The van der Waals surface area contributed by atoms with Gasteiger partial charge < -0.3 is 10.3 Å². The third kappa shape index (κ3) is 2.38. The molecule has 2 N–H and O–H groups in total. The molecule has 0 aliphatic rings. The van der Waals surface area contributed by atoms with Crippen molar-refractivity contribution in [3.05, 3.63) is 58.2 Å². The summed E-state index contributed by atoms with van der Waals surface area (Å²) >= 11 is 0. The monoisotopic (exact) mass is 246 g/mol. The Bertz CT molecular complexity index is 563. The number of hydrogen-bond acceptors (Lipinski definition) is 4. The first kappa shape index (κ1) is 12.3. The van der Waals surface area contributed by atoms with Crippen molar-refractivity contribution < 1.29 is 4.92 Å². The van der Waals surface area contributed by atoms with Crippen LogP contribution in [0.3, 0.4) is 0 Å². The van der Waals surface area contributed by atoms with E-state index < -0.39 is 0 Å². The van der Waals surface area contributed by atoms with Crippen LogP contribution in [0.2, 0.25) is 0 Å². The third-order valence-electron chi connectivity index (χ3n) is 2.74. The van der Waals surface area contributed by atoms with Gasteiger partial charge in [0.05, 0.1) is 23.5 Å². The molecule has 0 saturated heterocycles. The maximum absolute atomic E-state index is 10.9. The van der Waals surface area contributed by atoms with Crippen molar-refractivity contribution in [3.63, 3.8) is 0 Å². The molecule has 0 spiro atoms. The molecule has 0 fully saturated rings. The van der Waals surface area contributed by atoms with E-state index in [1.807, 2.05) is 11.5 Å². The molecule has 1 aromatic heterocycles. The Labute approximate surface area is 104 Å². The summed E-state index contributed by atoms with van der Waals surface area (Å²) in [5.74, 6) is 0. The molecule has 18 heavy (non-hydrogen) atoms. The third-order valence-corrected chi connectivity index (χ3v) is 2.74. The van der Waals surface area contributed by atoms with Gasteiger partial charge in [0.15, 0.2) is 0 Å². The molecule has 0 unspecified atom stereocenters. The Balaban J connectivity index is 2.34. The Kier molecular flexibility index (Phi) is 3.38. The van der Waals surface area contributed by atoms with Crippen LogP contribution in [0.5, 0.6) is 0 Å². The zero-order valence-electron chi connectivity index (χ0n) is 9.98. The van der Waals surface area contributed by atoms with Crippen molar-refractivity contribution >= 4 is 5.69 Å². The highest BCUT2D eigenvalue weighted by Gasteiger charge is 2.14. The molecule has 0 radical (unpaired) electrons. The second-order valence-corrected chi connectivity index (χ2v) is 4.12. The SMILES string of the molecule is C[C@H](N)c1cncn1Cc1ccccc1[N+](=O)[O-]. The van der Waals surface area contributed by atoms with Crippen LogP contribution in [0, 0.1) is 10.1 Å². The number of aromatic nitrogens is 2. The van der Waals surface area contributed by atoms with Crippen molar-refractivity contribution in [2.24, 2.45) is 5.73 Å². The van der Waals surface area contributed by atoms with E-state index in [0.717, 1.165) is 5.69 Å². The van der Waals surface area contributed by atoms with Crippen LogP contribution in [0.25, 0.3) is 0 Å². The first-order chi connectivity index (χ1) is 8.59. The number of nitro groups is 1. The Morgan fingerprint density at radius 2 is 2.22 bits per heavy atom. The topological polar surface area (TPSA) is 87.0 Å². The molecule has 94 valence electrons. The zero-order chi connectivity index (χ0) is 13.1. The molecule has 0 aliphatic heterocycles. The van der Waals surface area contributed by atoms with Crippen molar-refractivity contribution in [1.82, 2.24) is 9.55 Å². The molecular formula is C12H14N4O2. The fraction of sp³-hybridized carbons (Fsp3) is 0.250. The molecule has 6 nitrogen and oxygen atoms in total. The number of para-hydroxylation sites is 1. The summed E-state index contributed by atoms with van der Waals surface area (Å²) in [4.78, 5) is 14.6. The summed E-state index contributed by atoms with van der Waals surface area (Å²) in [5, 5.41) is 10.9. The molecule has 1 aromatic carbocycles. The molecule has 6 heteroatoms. The highest BCUT2D eigenvalue weighted by Crippen LogP contribution is 2.20. The first-order valence-corrected chi connectivity index (χ1v) is 5.57. The average molecular weight is 246 g/mol. The normalized spacial score (nSPS) is 12.3. The van der Waals surface area contributed by atoms with Gasteiger partial charge in [-0.3, -0.25) is 10.1 Å². The molecule has 2 aromatic rings. The Morgan fingerprint density at radius 1 is 1.50 bits per heavy atom. The summed E-state index contributed by atoms with van der Waals surface area (Å²) < 4.78 is 1.83. The van der Waals surface area contributed by atoms with Gasteiger partial charge in [-0.25, -0.2) is 4.98 Å². The number of imidazole rings is 1. The lowest BCUT2D eigenvalue weighted by Gasteiger charge is -2.10. The fourth-order valence-corrected chi connectivity index (χ4v) is 1.85. The van der Waals surface area contributed by atoms with Crippen LogP contribution < -0.4 is 5.73 Å². The van der Waals surface area contributed by atoms with E-state index in [1.54, 1.807) is 30.7 Å². The average Bonchev–Trinajstić information content (AvgIpc) is 2.77. The van der Waals surface area contributed by atoms with Gasteiger partial charge in [-0.15, -0.1) is 0 Å². The van der Waals surface area contributed by atoms with Crippen LogP contribution in [-0.4, -0.2) is 14.5 Å². The number of nitrogens with two attached hydrogens (primary N) is 1. The van der Waals surface area contributed by atoms with Gasteiger partial charge in [0, 0.05) is 23.9 Å². The minimum Gasteiger partial charge on any atom is -0.328 e. The van der Waals surface area contributed by atoms with E-state index in [-0.39, 0.29) is 16.7 Å².